The largest absolute Gasteiger partial charge is 0.128 e. The maximum absolute atomic E-state index is 5.93. The second-order valence-corrected chi connectivity index (χ2v) is 3.84. The predicted octanol–water partition coefficient (Wildman–Crippen LogP) is 3.82. The molecule has 0 amide bonds. The van der Waals surface area contributed by atoms with Crippen LogP contribution in [-0.2, 0) is 0 Å². The van der Waals surface area contributed by atoms with Crippen LogP contribution in [0.5, 0.6) is 0 Å². The van der Waals surface area contributed by atoms with Gasteiger partial charge < -0.3 is 0 Å². The van der Waals surface area contributed by atoms with Crippen LogP contribution in [0.15, 0.2) is 27.6 Å². The van der Waals surface area contributed by atoms with E-state index in [-0.39, 0.29) is 0 Å². The van der Waals surface area contributed by atoms with Crippen molar-refractivity contribution in [2.24, 2.45) is 0 Å². The van der Waals surface area contributed by atoms with Crippen molar-refractivity contribution in [3.8, 4) is 0 Å². The minimum atomic E-state index is 0.801. The van der Waals surface area contributed by atoms with Crippen LogP contribution in [0.1, 0.15) is 0 Å². The quantitative estimate of drug-likeness (QED) is 0.669. The van der Waals surface area contributed by atoms with E-state index in [4.69, 9.17) is 11.6 Å². The van der Waals surface area contributed by atoms with E-state index >= 15 is 0 Å². The van der Waals surface area contributed by atoms with E-state index in [0.717, 1.165) is 14.4 Å². The molecule has 1 aromatic carbocycles. The summed E-state index contributed by atoms with van der Waals surface area (Å²) in [6, 6.07) is 5.90. The van der Waals surface area contributed by atoms with Gasteiger partial charge in [0.05, 0.1) is 5.02 Å². The van der Waals surface area contributed by atoms with Gasteiger partial charge in [0.2, 0.25) is 0 Å². The maximum Gasteiger partial charge on any atom is 0.0683 e. The molecule has 0 bridgehead atoms. The van der Waals surface area contributed by atoms with Crippen molar-refractivity contribution >= 4 is 39.3 Å². The summed E-state index contributed by atoms with van der Waals surface area (Å²) in [4.78, 5) is 1.11. The van der Waals surface area contributed by atoms with Crippen LogP contribution in [-0.4, -0.2) is 6.26 Å². The Morgan fingerprint density at radius 3 is 2.70 bits per heavy atom. The molecule has 1 rings (SSSR count). The molecular formula is C7H6BrClS. The first-order chi connectivity index (χ1) is 4.75. The summed E-state index contributed by atoms with van der Waals surface area (Å²) in [7, 11) is 0. The van der Waals surface area contributed by atoms with Crippen molar-refractivity contribution < 1.29 is 0 Å². The van der Waals surface area contributed by atoms with Crippen molar-refractivity contribution in [3.63, 3.8) is 0 Å². The summed E-state index contributed by atoms with van der Waals surface area (Å²) in [5.74, 6) is 0. The molecule has 10 heavy (non-hydrogen) atoms. The standard InChI is InChI=1S/C7H6BrClS/c1-10-6-4-2-3-5(8)7(6)9/h2-4H,1H3. The van der Waals surface area contributed by atoms with E-state index in [9.17, 15) is 0 Å². The lowest BCUT2D eigenvalue weighted by molar-refractivity contribution is 1.44. The normalized spacial score (nSPS) is 9.90. The Morgan fingerprint density at radius 1 is 1.50 bits per heavy atom. The third kappa shape index (κ3) is 1.68. The number of halogens is 2. The van der Waals surface area contributed by atoms with Crippen LogP contribution < -0.4 is 0 Å². The fraction of sp³-hybridized carbons (Fsp3) is 0.143. The zero-order valence-electron chi connectivity index (χ0n) is 5.40. The molecular weight excluding hydrogens is 232 g/mol. The molecule has 0 N–H and O–H groups in total. The fourth-order valence-corrected chi connectivity index (χ4v) is 2.00. The van der Waals surface area contributed by atoms with Gasteiger partial charge in [-0.2, -0.15) is 0 Å². The molecule has 0 fully saturated rings. The van der Waals surface area contributed by atoms with E-state index in [1.54, 1.807) is 11.8 Å². The van der Waals surface area contributed by atoms with Crippen LogP contribution in [0.25, 0.3) is 0 Å². The molecule has 0 aliphatic rings. The zero-order valence-corrected chi connectivity index (χ0v) is 8.55. The topological polar surface area (TPSA) is 0 Å². The van der Waals surface area contributed by atoms with Gasteiger partial charge in [-0.05, 0) is 34.3 Å². The number of rotatable bonds is 1. The Morgan fingerprint density at radius 2 is 2.20 bits per heavy atom. The molecule has 1 aromatic rings. The highest BCUT2D eigenvalue weighted by atomic mass is 79.9. The number of thioether (sulfide) groups is 1. The Kier molecular flexibility index (Phi) is 3.08. The Balaban J connectivity index is 3.14. The van der Waals surface area contributed by atoms with Crippen LogP contribution in [0.3, 0.4) is 0 Å². The summed E-state index contributed by atoms with van der Waals surface area (Å²) < 4.78 is 0.959. The van der Waals surface area contributed by atoms with E-state index in [2.05, 4.69) is 15.9 Å². The molecule has 0 saturated carbocycles. The first-order valence-electron chi connectivity index (χ1n) is 2.73. The summed E-state index contributed by atoms with van der Waals surface area (Å²) in [6.07, 6.45) is 2.01. The maximum atomic E-state index is 5.93. The number of hydrogen-bond acceptors (Lipinski definition) is 1. The molecule has 0 radical (unpaired) electrons. The fourth-order valence-electron chi connectivity index (χ4n) is 0.642. The van der Waals surface area contributed by atoms with Crippen molar-refractivity contribution in [1.29, 1.82) is 0 Å². The van der Waals surface area contributed by atoms with Gasteiger partial charge in [-0.3, -0.25) is 0 Å². The molecule has 0 saturated heterocycles. The van der Waals surface area contributed by atoms with E-state index in [1.165, 1.54) is 0 Å². The van der Waals surface area contributed by atoms with Gasteiger partial charge in [0, 0.05) is 9.37 Å². The summed E-state index contributed by atoms with van der Waals surface area (Å²) >= 11 is 10.9. The smallest absolute Gasteiger partial charge is 0.0683 e. The Labute approximate surface area is 78.1 Å². The summed E-state index contributed by atoms with van der Waals surface area (Å²) in [5.41, 5.74) is 0. The van der Waals surface area contributed by atoms with Crippen molar-refractivity contribution in [2.75, 3.05) is 6.26 Å². The molecule has 0 unspecified atom stereocenters. The third-order valence-corrected chi connectivity index (χ3v) is 3.32. The van der Waals surface area contributed by atoms with Crippen molar-refractivity contribution in [1.82, 2.24) is 0 Å². The molecule has 54 valence electrons. The highest BCUT2D eigenvalue weighted by molar-refractivity contribution is 9.10. The van der Waals surface area contributed by atoms with Crippen LogP contribution in [0, 0.1) is 0 Å². The predicted molar refractivity (Wildman–Crippen MR) is 50.9 cm³/mol. The minimum absolute atomic E-state index is 0.801. The average Bonchev–Trinajstić information content (AvgIpc) is 1.95. The summed E-state index contributed by atoms with van der Waals surface area (Å²) in [5, 5.41) is 0.801. The lowest BCUT2D eigenvalue weighted by atomic mass is 10.4. The van der Waals surface area contributed by atoms with E-state index in [1.807, 2.05) is 24.5 Å². The molecule has 0 aliphatic carbocycles. The van der Waals surface area contributed by atoms with Crippen molar-refractivity contribution in [3.05, 3.63) is 27.7 Å². The molecule has 0 nitrogen and oxygen atoms in total. The van der Waals surface area contributed by atoms with E-state index in [0.29, 0.717) is 0 Å². The minimum Gasteiger partial charge on any atom is -0.128 e. The molecule has 0 atom stereocenters. The highest BCUT2D eigenvalue weighted by Crippen LogP contribution is 2.31. The molecule has 3 heteroatoms. The number of benzene rings is 1. The van der Waals surface area contributed by atoms with Gasteiger partial charge in [-0.1, -0.05) is 17.7 Å². The van der Waals surface area contributed by atoms with Gasteiger partial charge >= 0.3 is 0 Å². The first-order valence-corrected chi connectivity index (χ1v) is 5.13. The Hall–Kier alpha value is 0.340. The van der Waals surface area contributed by atoms with Gasteiger partial charge in [0.25, 0.3) is 0 Å². The molecule has 0 aromatic heterocycles. The second-order valence-electron chi connectivity index (χ2n) is 1.76. The van der Waals surface area contributed by atoms with E-state index < -0.39 is 0 Å². The van der Waals surface area contributed by atoms with Crippen LogP contribution in [0.4, 0.5) is 0 Å². The van der Waals surface area contributed by atoms with Crippen LogP contribution >= 0.6 is 39.3 Å². The van der Waals surface area contributed by atoms with Gasteiger partial charge in [0.15, 0.2) is 0 Å². The molecule has 0 spiro atoms. The first kappa shape index (κ1) is 8.44. The molecule has 0 heterocycles. The van der Waals surface area contributed by atoms with Crippen LogP contribution in [0.2, 0.25) is 5.02 Å². The second kappa shape index (κ2) is 3.65. The molecule has 0 aliphatic heterocycles. The highest BCUT2D eigenvalue weighted by Gasteiger charge is 2.00. The van der Waals surface area contributed by atoms with Gasteiger partial charge in [-0.25, -0.2) is 0 Å². The van der Waals surface area contributed by atoms with Gasteiger partial charge in [-0.15, -0.1) is 11.8 Å². The summed E-state index contributed by atoms with van der Waals surface area (Å²) in [6.45, 7) is 0. The number of hydrogen-bond donors (Lipinski definition) is 0. The SMILES string of the molecule is CSc1cccc(Br)c1Cl. The lowest BCUT2D eigenvalue weighted by Crippen LogP contribution is -1.72. The third-order valence-electron chi connectivity index (χ3n) is 1.14. The Bertz CT molecular complexity index is 237. The average molecular weight is 238 g/mol. The monoisotopic (exact) mass is 236 g/mol. The van der Waals surface area contributed by atoms with Gasteiger partial charge in [0.1, 0.15) is 0 Å². The zero-order chi connectivity index (χ0) is 7.56. The van der Waals surface area contributed by atoms with Crippen molar-refractivity contribution in [2.45, 2.75) is 4.90 Å². The lowest BCUT2D eigenvalue weighted by Gasteiger charge is -2.00.